The van der Waals surface area contributed by atoms with Gasteiger partial charge >= 0.3 is 0 Å². The summed E-state index contributed by atoms with van der Waals surface area (Å²) < 4.78 is 0. The molecule has 0 aromatic rings. The predicted octanol–water partition coefficient (Wildman–Crippen LogP) is 0.804. The van der Waals surface area contributed by atoms with E-state index in [1.54, 1.807) is 0 Å². The van der Waals surface area contributed by atoms with Crippen LogP contribution in [0, 0.1) is 5.92 Å². The number of primary amides is 1. The van der Waals surface area contributed by atoms with Crippen LogP contribution in [-0.4, -0.2) is 18.4 Å². The van der Waals surface area contributed by atoms with Crippen molar-refractivity contribution in [1.29, 1.82) is 0 Å². The molecule has 4 heteroatoms. The van der Waals surface area contributed by atoms with Crippen LogP contribution in [0.25, 0.3) is 0 Å². The smallest absolute Gasteiger partial charge is 0.223 e. The Bertz CT molecular complexity index is 193. The first-order valence-corrected chi connectivity index (χ1v) is 5.17. The second-order valence-corrected chi connectivity index (χ2v) is 3.42. The molecule has 0 saturated carbocycles. The van der Waals surface area contributed by atoms with Gasteiger partial charge in [0.2, 0.25) is 11.8 Å². The van der Waals surface area contributed by atoms with Gasteiger partial charge in [0.05, 0.1) is 0 Å². The minimum Gasteiger partial charge on any atom is -0.370 e. The molecular weight excluding hydrogens is 180 g/mol. The lowest BCUT2D eigenvalue weighted by Gasteiger charge is -2.12. The Morgan fingerprint density at radius 1 is 1.36 bits per heavy atom. The van der Waals surface area contributed by atoms with Crippen molar-refractivity contribution in [2.24, 2.45) is 11.7 Å². The highest BCUT2D eigenvalue weighted by Crippen LogP contribution is 2.07. The fourth-order valence-electron chi connectivity index (χ4n) is 1.20. The summed E-state index contributed by atoms with van der Waals surface area (Å²) >= 11 is 0. The minimum absolute atomic E-state index is 0.0558. The summed E-state index contributed by atoms with van der Waals surface area (Å²) in [7, 11) is 0. The van der Waals surface area contributed by atoms with Gasteiger partial charge in [-0.15, -0.1) is 0 Å². The molecule has 0 rings (SSSR count). The number of nitrogens with two attached hydrogens (primary N) is 1. The molecule has 0 aromatic carbocycles. The van der Waals surface area contributed by atoms with Crippen LogP contribution in [0.4, 0.5) is 0 Å². The average molecular weight is 200 g/mol. The number of nitrogens with one attached hydrogen (secondary N) is 1. The topological polar surface area (TPSA) is 72.2 Å². The van der Waals surface area contributed by atoms with Gasteiger partial charge in [-0.25, -0.2) is 0 Å². The summed E-state index contributed by atoms with van der Waals surface area (Å²) in [6.07, 6.45) is 2.82. The molecule has 2 amide bonds. The van der Waals surface area contributed by atoms with Crippen LogP contribution in [0.15, 0.2) is 0 Å². The molecule has 0 aliphatic carbocycles. The third-order valence-corrected chi connectivity index (χ3v) is 2.14. The van der Waals surface area contributed by atoms with Crippen LogP contribution in [0.2, 0.25) is 0 Å². The van der Waals surface area contributed by atoms with Gasteiger partial charge in [-0.2, -0.15) is 0 Å². The van der Waals surface area contributed by atoms with E-state index in [4.69, 9.17) is 5.73 Å². The van der Waals surface area contributed by atoms with Gasteiger partial charge in [0, 0.05) is 18.9 Å². The van der Waals surface area contributed by atoms with Gasteiger partial charge < -0.3 is 11.1 Å². The SMILES string of the molecule is CCCCNC(=O)C(CC)CC(N)=O. The van der Waals surface area contributed by atoms with Crippen LogP contribution < -0.4 is 11.1 Å². The summed E-state index contributed by atoms with van der Waals surface area (Å²) in [5, 5.41) is 2.79. The van der Waals surface area contributed by atoms with Crippen molar-refractivity contribution < 1.29 is 9.59 Å². The minimum atomic E-state index is -0.414. The molecule has 0 aliphatic heterocycles. The van der Waals surface area contributed by atoms with E-state index in [1.807, 2.05) is 6.92 Å². The van der Waals surface area contributed by atoms with E-state index in [0.717, 1.165) is 12.8 Å². The number of hydrogen-bond donors (Lipinski definition) is 2. The van der Waals surface area contributed by atoms with E-state index < -0.39 is 5.91 Å². The molecule has 0 saturated heterocycles. The van der Waals surface area contributed by atoms with Crippen molar-refractivity contribution in [3.05, 3.63) is 0 Å². The zero-order valence-electron chi connectivity index (χ0n) is 9.01. The number of rotatable bonds is 7. The lowest BCUT2D eigenvalue weighted by atomic mass is 10.0. The molecule has 1 unspecified atom stereocenters. The molecule has 14 heavy (non-hydrogen) atoms. The number of hydrogen-bond acceptors (Lipinski definition) is 2. The molecule has 82 valence electrons. The Hall–Kier alpha value is -1.06. The van der Waals surface area contributed by atoms with E-state index in [1.165, 1.54) is 0 Å². The van der Waals surface area contributed by atoms with Crippen LogP contribution in [-0.2, 0) is 9.59 Å². The zero-order chi connectivity index (χ0) is 11.0. The van der Waals surface area contributed by atoms with Gasteiger partial charge in [0.25, 0.3) is 0 Å². The van der Waals surface area contributed by atoms with Gasteiger partial charge in [-0.3, -0.25) is 9.59 Å². The van der Waals surface area contributed by atoms with E-state index >= 15 is 0 Å². The predicted molar refractivity (Wildman–Crippen MR) is 55.5 cm³/mol. The van der Waals surface area contributed by atoms with Crippen molar-refractivity contribution >= 4 is 11.8 Å². The lowest BCUT2D eigenvalue weighted by molar-refractivity contribution is -0.129. The third-order valence-electron chi connectivity index (χ3n) is 2.14. The second kappa shape index (κ2) is 7.35. The molecule has 0 radical (unpaired) electrons. The molecule has 0 spiro atoms. The average Bonchev–Trinajstić information content (AvgIpc) is 2.14. The molecule has 0 bridgehead atoms. The third kappa shape index (κ3) is 5.56. The van der Waals surface area contributed by atoms with Gasteiger partial charge in [0.15, 0.2) is 0 Å². The first kappa shape index (κ1) is 12.9. The zero-order valence-corrected chi connectivity index (χ0v) is 9.01. The standard InChI is InChI=1S/C10H20N2O2/c1-3-5-6-12-10(14)8(4-2)7-9(11)13/h8H,3-7H2,1-2H3,(H2,11,13)(H,12,14). The fourth-order valence-corrected chi connectivity index (χ4v) is 1.20. The Morgan fingerprint density at radius 3 is 2.43 bits per heavy atom. The van der Waals surface area contributed by atoms with E-state index in [0.29, 0.717) is 13.0 Å². The normalized spacial score (nSPS) is 12.1. The van der Waals surface area contributed by atoms with E-state index in [-0.39, 0.29) is 18.2 Å². The number of amides is 2. The highest BCUT2D eigenvalue weighted by molar-refractivity contribution is 5.84. The number of carbonyl (C=O) groups is 2. The molecule has 0 heterocycles. The summed E-state index contributed by atoms with van der Waals surface area (Å²) in [5.74, 6) is -0.730. The van der Waals surface area contributed by atoms with Crippen LogP contribution >= 0.6 is 0 Å². The molecule has 0 aromatic heterocycles. The quantitative estimate of drug-likeness (QED) is 0.597. The van der Waals surface area contributed by atoms with E-state index in [9.17, 15) is 9.59 Å². The van der Waals surface area contributed by atoms with Crippen molar-refractivity contribution in [3.8, 4) is 0 Å². The number of carbonyl (C=O) groups excluding carboxylic acids is 2. The Labute approximate surface area is 85.2 Å². The highest BCUT2D eigenvalue weighted by atomic mass is 16.2. The maximum absolute atomic E-state index is 11.5. The Balaban J connectivity index is 3.85. The highest BCUT2D eigenvalue weighted by Gasteiger charge is 2.17. The first-order chi connectivity index (χ1) is 6.61. The second-order valence-electron chi connectivity index (χ2n) is 3.42. The molecule has 1 atom stereocenters. The maximum atomic E-state index is 11.5. The monoisotopic (exact) mass is 200 g/mol. The van der Waals surface area contributed by atoms with Gasteiger partial charge in [-0.1, -0.05) is 20.3 Å². The van der Waals surface area contributed by atoms with Crippen LogP contribution in [0.5, 0.6) is 0 Å². The lowest BCUT2D eigenvalue weighted by Crippen LogP contribution is -2.33. The number of unbranched alkanes of at least 4 members (excludes halogenated alkanes) is 1. The van der Waals surface area contributed by atoms with Crippen LogP contribution in [0.1, 0.15) is 39.5 Å². The summed E-state index contributed by atoms with van der Waals surface area (Å²) in [6.45, 7) is 4.63. The summed E-state index contributed by atoms with van der Waals surface area (Å²) in [6, 6.07) is 0. The Morgan fingerprint density at radius 2 is 2.00 bits per heavy atom. The van der Waals surface area contributed by atoms with Crippen molar-refractivity contribution in [2.75, 3.05) is 6.54 Å². The van der Waals surface area contributed by atoms with Gasteiger partial charge in [-0.05, 0) is 12.8 Å². The van der Waals surface area contributed by atoms with Crippen molar-refractivity contribution in [3.63, 3.8) is 0 Å². The molecule has 4 nitrogen and oxygen atoms in total. The summed E-state index contributed by atoms with van der Waals surface area (Å²) in [4.78, 5) is 22.1. The Kier molecular flexibility index (Phi) is 6.80. The molecule has 0 fully saturated rings. The van der Waals surface area contributed by atoms with Crippen molar-refractivity contribution in [2.45, 2.75) is 39.5 Å². The fraction of sp³-hybridized carbons (Fsp3) is 0.800. The largest absolute Gasteiger partial charge is 0.370 e. The molecule has 3 N–H and O–H groups in total. The van der Waals surface area contributed by atoms with E-state index in [2.05, 4.69) is 12.2 Å². The van der Waals surface area contributed by atoms with Crippen molar-refractivity contribution in [1.82, 2.24) is 5.32 Å². The molecular formula is C10H20N2O2. The van der Waals surface area contributed by atoms with Crippen LogP contribution in [0.3, 0.4) is 0 Å². The first-order valence-electron chi connectivity index (χ1n) is 5.17. The van der Waals surface area contributed by atoms with Gasteiger partial charge in [0.1, 0.15) is 0 Å². The molecule has 0 aliphatic rings. The summed E-state index contributed by atoms with van der Waals surface area (Å²) in [5.41, 5.74) is 5.04. The maximum Gasteiger partial charge on any atom is 0.223 e.